The Morgan fingerprint density at radius 1 is 1.07 bits per heavy atom. The average molecular weight is 285 g/mol. The molecule has 0 amide bonds. The van der Waals surface area contributed by atoms with Gasteiger partial charge < -0.3 is 10.2 Å². The van der Waals surface area contributed by atoms with Crippen LogP contribution in [0.1, 0.15) is 20.7 Å². The van der Waals surface area contributed by atoms with Crippen LogP contribution in [0.25, 0.3) is 0 Å². The van der Waals surface area contributed by atoms with Gasteiger partial charge in [-0.25, -0.2) is 9.59 Å². The van der Waals surface area contributed by atoms with Gasteiger partial charge in [0.1, 0.15) is 0 Å². The zero-order valence-corrected chi connectivity index (χ0v) is 10.3. The Labute approximate surface area is 102 Å². The Hall–Kier alpha value is -0.546. The number of hydrogen-bond acceptors (Lipinski definition) is 2. The van der Waals surface area contributed by atoms with Gasteiger partial charge in [0.25, 0.3) is 0 Å². The van der Waals surface area contributed by atoms with Crippen LogP contribution in [0.3, 0.4) is 0 Å². The summed E-state index contributed by atoms with van der Waals surface area (Å²) < 4.78 is 0. The van der Waals surface area contributed by atoms with Crippen LogP contribution in [-0.2, 0) is 17.0 Å². The molecule has 0 unspecified atom stereocenters. The van der Waals surface area contributed by atoms with Crippen LogP contribution >= 0.6 is 18.6 Å². The van der Waals surface area contributed by atoms with E-state index in [-0.39, 0.29) is 11.1 Å². The fourth-order valence-corrected chi connectivity index (χ4v) is 0.785. The summed E-state index contributed by atoms with van der Waals surface area (Å²) >= 11 is -0.556. The topological polar surface area (TPSA) is 74.6 Å². The predicted molar refractivity (Wildman–Crippen MR) is 52.1 cm³/mol. The molecular weight excluding hydrogens is 279 g/mol. The summed E-state index contributed by atoms with van der Waals surface area (Å²) in [5, 5.41) is 17.0. The van der Waals surface area contributed by atoms with E-state index in [0.29, 0.717) is 0 Å². The third kappa shape index (κ3) is 5.79. The van der Waals surface area contributed by atoms with Gasteiger partial charge in [0.15, 0.2) is 0 Å². The van der Waals surface area contributed by atoms with Gasteiger partial charge in [-0.3, -0.25) is 0 Å². The van der Waals surface area contributed by atoms with Crippen LogP contribution < -0.4 is 0 Å². The molecule has 0 heterocycles. The Morgan fingerprint density at radius 2 is 1.40 bits per heavy atom. The Kier molecular flexibility index (Phi) is 7.43. The third-order valence-electron chi connectivity index (χ3n) is 1.36. The Morgan fingerprint density at radius 3 is 1.67 bits per heavy atom. The number of carboxylic acids is 2. The minimum absolute atomic E-state index is 0.0186. The average Bonchev–Trinajstić information content (AvgIpc) is 2.19. The number of halogens is 2. The fourth-order valence-electron chi connectivity index (χ4n) is 0.785. The van der Waals surface area contributed by atoms with E-state index in [2.05, 4.69) is 0 Å². The van der Waals surface area contributed by atoms with Gasteiger partial charge in [-0.15, -0.1) is 0 Å². The summed E-state index contributed by atoms with van der Waals surface area (Å²) in [6, 6.07) is 5.20. The van der Waals surface area contributed by atoms with Crippen LogP contribution in [0.5, 0.6) is 0 Å². The number of carbonyl (C=O) groups is 2. The summed E-state index contributed by atoms with van der Waals surface area (Å²) in [6.07, 6.45) is 0. The van der Waals surface area contributed by atoms with Gasteiger partial charge in [0.05, 0.1) is 11.1 Å². The van der Waals surface area contributed by atoms with E-state index in [1.54, 1.807) is 0 Å². The molecule has 0 spiro atoms. The molecule has 4 nitrogen and oxygen atoms in total. The number of hydrogen-bond donors (Lipinski definition) is 2. The van der Waals surface area contributed by atoms with Gasteiger partial charge >= 0.3 is 47.6 Å². The first kappa shape index (κ1) is 14.5. The van der Waals surface area contributed by atoms with Gasteiger partial charge in [-0.2, -0.15) is 0 Å². The minimum atomic E-state index is -1.13. The molecule has 1 rings (SSSR count). The van der Waals surface area contributed by atoms with E-state index in [1.165, 1.54) is 18.2 Å². The molecule has 1 aromatic carbocycles. The van der Waals surface area contributed by atoms with Crippen molar-refractivity contribution in [3.05, 3.63) is 35.4 Å². The van der Waals surface area contributed by atoms with E-state index in [9.17, 15) is 9.59 Å². The molecule has 0 atom stereocenters. The monoisotopic (exact) mass is 284 g/mol. The molecule has 0 saturated heterocycles. The molecule has 0 saturated carbocycles. The second-order valence-corrected chi connectivity index (χ2v) is 4.84. The van der Waals surface area contributed by atoms with Crippen LogP contribution in [0.15, 0.2) is 24.3 Å². The van der Waals surface area contributed by atoms with E-state index in [1.807, 2.05) is 0 Å². The first-order valence-corrected chi connectivity index (χ1v) is 7.85. The number of aromatic carboxylic acids is 2. The van der Waals surface area contributed by atoms with Crippen molar-refractivity contribution in [3.63, 3.8) is 0 Å². The molecule has 15 heavy (non-hydrogen) atoms. The molecule has 2 N–H and O–H groups in total. The fraction of sp³-hybridized carbons (Fsp3) is 0. The zero-order valence-electron chi connectivity index (χ0n) is 7.28. The normalized spacial score (nSPS) is 8.40. The van der Waals surface area contributed by atoms with E-state index < -0.39 is 29.0 Å². The maximum atomic E-state index is 10.4. The molecule has 0 aromatic heterocycles. The van der Waals surface area contributed by atoms with Crippen molar-refractivity contribution in [1.29, 1.82) is 0 Å². The first-order valence-electron chi connectivity index (χ1n) is 3.55. The Balaban J connectivity index is 0.000000583. The number of benzene rings is 1. The second-order valence-electron chi connectivity index (χ2n) is 2.26. The van der Waals surface area contributed by atoms with Gasteiger partial charge in [0.2, 0.25) is 0 Å². The van der Waals surface area contributed by atoms with Crippen molar-refractivity contribution in [1.82, 2.24) is 0 Å². The summed E-state index contributed by atoms with van der Waals surface area (Å²) in [5.41, 5.74) is -0.0372. The molecule has 0 bridgehead atoms. The SMILES string of the molecule is O=C(O)c1cccc(C(=O)O)c1.[Cl][Ti][Cl]. The van der Waals surface area contributed by atoms with Crippen molar-refractivity contribution < 1.29 is 36.8 Å². The maximum absolute atomic E-state index is 10.4. The summed E-state index contributed by atoms with van der Waals surface area (Å²) in [7, 11) is 9.78. The van der Waals surface area contributed by atoms with Crippen molar-refractivity contribution in [2.24, 2.45) is 0 Å². The first-order chi connectivity index (χ1) is 7.02. The van der Waals surface area contributed by atoms with Gasteiger partial charge in [-0.1, -0.05) is 6.07 Å². The summed E-state index contributed by atoms with van der Waals surface area (Å²) in [4.78, 5) is 20.8. The van der Waals surface area contributed by atoms with Gasteiger partial charge in [0, 0.05) is 0 Å². The second kappa shape index (κ2) is 7.71. The van der Waals surface area contributed by atoms with Crippen LogP contribution in [0, 0.1) is 0 Å². The van der Waals surface area contributed by atoms with E-state index >= 15 is 0 Å². The summed E-state index contributed by atoms with van der Waals surface area (Å²) in [5.74, 6) is -2.25. The third-order valence-corrected chi connectivity index (χ3v) is 1.36. The molecule has 0 aliphatic carbocycles. The molecule has 0 aliphatic heterocycles. The molecular formula is C8H6Cl2O4Ti. The molecule has 0 radical (unpaired) electrons. The summed E-state index contributed by atoms with van der Waals surface area (Å²) in [6.45, 7) is 0. The van der Waals surface area contributed by atoms with E-state index in [4.69, 9.17) is 28.8 Å². The molecule has 7 heteroatoms. The standard InChI is InChI=1S/C8H6O4.2ClH.Ti/c9-7(10)5-2-1-3-6(4-5)8(11)12;;;/h1-4H,(H,9,10)(H,11,12);2*1H;/q;;;+2/p-2. The molecule has 1 aromatic rings. The van der Waals surface area contributed by atoms with Crippen LogP contribution in [0.4, 0.5) is 0 Å². The van der Waals surface area contributed by atoms with Crippen molar-refractivity contribution in [3.8, 4) is 0 Å². The van der Waals surface area contributed by atoms with Crippen molar-refractivity contribution in [2.45, 2.75) is 0 Å². The van der Waals surface area contributed by atoms with Crippen molar-refractivity contribution >= 4 is 30.5 Å². The number of carboxylic acid groups (broad SMARTS) is 2. The predicted octanol–water partition coefficient (Wildman–Crippen LogP) is 2.46. The molecule has 0 fully saturated rings. The van der Waals surface area contributed by atoms with E-state index in [0.717, 1.165) is 6.07 Å². The quantitative estimate of drug-likeness (QED) is 0.818. The van der Waals surface area contributed by atoms with Crippen molar-refractivity contribution in [2.75, 3.05) is 0 Å². The number of rotatable bonds is 2. The van der Waals surface area contributed by atoms with Gasteiger partial charge in [-0.05, 0) is 18.2 Å². The molecule has 0 aliphatic rings. The molecule has 80 valence electrons. The van der Waals surface area contributed by atoms with Crippen LogP contribution in [-0.4, -0.2) is 22.2 Å². The Bertz CT molecular complexity index is 327. The zero-order chi connectivity index (χ0) is 11.8. The van der Waals surface area contributed by atoms with Crippen LogP contribution in [0.2, 0.25) is 0 Å².